The summed E-state index contributed by atoms with van der Waals surface area (Å²) in [6.07, 6.45) is 4.45. The van der Waals surface area contributed by atoms with Crippen LogP contribution in [-0.2, 0) is 49.4 Å². The van der Waals surface area contributed by atoms with Crippen LogP contribution in [0.3, 0.4) is 0 Å². The lowest BCUT2D eigenvalue weighted by Crippen LogP contribution is -2.35. The van der Waals surface area contributed by atoms with Gasteiger partial charge in [0.05, 0.1) is 32.1 Å². The summed E-state index contributed by atoms with van der Waals surface area (Å²) in [4.78, 5) is 24.7. The second-order valence-electron chi connectivity index (χ2n) is 7.07. The van der Waals surface area contributed by atoms with E-state index in [0.29, 0.717) is 13.2 Å². The number of ether oxygens (including phenoxy) is 4. The summed E-state index contributed by atoms with van der Waals surface area (Å²) in [6.45, 7) is 2.54. The van der Waals surface area contributed by atoms with E-state index in [2.05, 4.69) is 11.4 Å². The minimum absolute atomic E-state index is 0.0688. The van der Waals surface area contributed by atoms with Crippen molar-refractivity contribution in [3.05, 3.63) is 28.3 Å². The van der Waals surface area contributed by atoms with Crippen molar-refractivity contribution in [1.29, 1.82) is 0 Å². The highest BCUT2D eigenvalue weighted by Gasteiger charge is 2.28. The molecule has 0 unspecified atom stereocenters. The van der Waals surface area contributed by atoms with Crippen molar-refractivity contribution in [2.24, 2.45) is 0 Å². The molecule has 0 heterocycles. The lowest BCUT2D eigenvalue weighted by molar-refractivity contribution is -0.156. The number of rotatable bonds is 9. The highest BCUT2D eigenvalue weighted by molar-refractivity contribution is 5.90. The Bertz CT molecular complexity index is 685. The fourth-order valence-corrected chi connectivity index (χ4v) is 3.95. The normalized spacial score (nSPS) is 15.6. The van der Waals surface area contributed by atoms with Crippen LogP contribution in [-0.4, -0.2) is 51.7 Å². The SMILES string of the molecule is CCOC(=O)[C@@H](COCCOC)OC(=O)Nc1c2c(cc3c1CCC3)CCC2. The summed E-state index contributed by atoms with van der Waals surface area (Å²) in [7, 11) is 1.56. The molecule has 0 saturated heterocycles. The molecular formula is C21H29NO6. The summed E-state index contributed by atoms with van der Waals surface area (Å²) < 4.78 is 20.7. The Kier molecular flexibility index (Phi) is 7.28. The summed E-state index contributed by atoms with van der Waals surface area (Å²) in [5.74, 6) is -0.612. The minimum atomic E-state index is -1.11. The van der Waals surface area contributed by atoms with E-state index >= 15 is 0 Å². The molecule has 0 radical (unpaired) electrons. The molecule has 1 aromatic carbocycles. The lowest BCUT2D eigenvalue weighted by atomic mass is 9.99. The quantitative estimate of drug-likeness (QED) is 0.515. The highest BCUT2D eigenvalue weighted by atomic mass is 16.6. The van der Waals surface area contributed by atoms with Crippen LogP contribution in [0.5, 0.6) is 0 Å². The van der Waals surface area contributed by atoms with Crippen LogP contribution >= 0.6 is 0 Å². The summed E-state index contributed by atoms with van der Waals surface area (Å²) in [5, 5.41) is 2.92. The van der Waals surface area contributed by atoms with E-state index in [0.717, 1.165) is 44.2 Å². The molecule has 0 aliphatic heterocycles. The van der Waals surface area contributed by atoms with Crippen molar-refractivity contribution < 1.29 is 28.5 Å². The summed E-state index contributed by atoms with van der Waals surface area (Å²) >= 11 is 0. The molecule has 0 bridgehead atoms. The number of esters is 1. The lowest BCUT2D eigenvalue weighted by Gasteiger charge is -2.19. The Morgan fingerprint density at radius 2 is 1.75 bits per heavy atom. The third kappa shape index (κ3) is 4.83. The average molecular weight is 391 g/mol. The molecule has 7 nitrogen and oxygen atoms in total. The van der Waals surface area contributed by atoms with Gasteiger partial charge in [-0.15, -0.1) is 0 Å². The van der Waals surface area contributed by atoms with Gasteiger partial charge in [-0.2, -0.15) is 0 Å². The van der Waals surface area contributed by atoms with E-state index in [1.807, 2.05) is 0 Å². The highest BCUT2D eigenvalue weighted by Crippen LogP contribution is 2.38. The van der Waals surface area contributed by atoms with Gasteiger partial charge in [0.1, 0.15) is 0 Å². The molecule has 0 fully saturated rings. The molecular weight excluding hydrogens is 362 g/mol. The molecule has 7 heteroatoms. The monoisotopic (exact) mass is 391 g/mol. The van der Waals surface area contributed by atoms with Gasteiger partial charge in [0.2, 0.25) is 6.10 Å². The summed E-state index contributed by atoms with van der Waals surface area (Å²) in [5.41, 5.74) is 5.94. The number of fused-ring (bicyclic) bond motifs is 2. The van der Waals surface area contributed by atoms with Gasteiger partial charge in [-0.3, -0.25) is 5.32 Å². The first kappa shape index (κ1) is 20.6. The minimum Gasteiger partial charge on any atom is -0.463 e. The first-order valence-corrected chi connectivity index (χ1v) is 10.0. The molecule has 0 aromatic heterocycles. The Morgan fingerprint density at radius 3 is 2.36 bits per heavy atom. The molecule has 1 N–H and O–H groups in total. The molecule has 28 heavy (non-hydrogen) atoms. The van der Waals surface area contributed by atoms with E-state index in [-0.39, 0.29) is 13.2 Å². The zero-order valence-electron chi connectivity index (χ0n) is 16.7. The molecule has 1 amide bonds. The summed E-state index contributed by atoms with van der Waals surface area (Å²) in [6, 6.07) is 2.30. The molecule has 154 valence electrons. The Hall–Kier alpha value is -2.12. The van der Waals surface area contributed by atoms with E-state index in [1.54, 1.807) is 14.0 Å². The topological polar surface area (TPSA) is 83.1 Å². The van der Waals surface area contributed by atoms with E-state index < -0.39 is 18.2 Å². The molecule has 3 rings (SSSR count). The second-order valence-corrected chi connectivity index (χ2v) is 7.07. The maximum Gasteiger partial charge on any atom is 0.412 e. The van der Waals surface area contributed by atoms with Gasteiger partial charge in [0.25, 0.3) is 0 Å². The third-order valence-corrected chi connectivity index (χ3v) is 5.20. The van der Waals surface area contributed by atoms with Crippen LogP contribution in [0.25, 0.3) is 0 Å². The first-order chi connectivity index (χ1) is 13.6. The maximum absolute atomic E-state index is 12.6. The van der Waals surface area contributed by atoms with Crippen molar-refractivity contribution in [2.75, 3.05) is 38.9 Å². The van der Waals surface area contributed by atoms with Crippen molar-refractivity contribution in [1.82, 2.24) is 0 Å². The van der Waals surface area contributed by atoms with Gasteiger partial charge in [0, 0.05) is 7.11 Å². The number of anilines is 1. The first-order valence-electron chi connectivity index (χ1n) is 10.0. The van der Waals surface area contributed by atoms with Crippen LogP contribution in [0.1, 0.15) is 42.0 Å². The van der Waals surface area contributed by atoms with E-state index in [1.165, 1.54) is 22.3 Å². The van der Waals surface area contributed by atoms with Gasteiger partial charge in [-0.05, 0) is 67.7 Å². The fraction of sp³-hybridized carbons (Fsp3) is 0.619. The van der Waals surface area contributed by atoms with Gasteiger partial charge in [0.15, 0.2) is 0 Å². The Morgan fingerprint density at radius 1 is 1.07 bits per heavy atom. The maximum atomic E-state index is 12.6. The molecule has 2 aliphatic carbocycles. The third-order valence-electron chi connectivity index (χ3n) is 5.20. The fourth-order valence-electron chi connectivity index (χ4n) is 3.95. The van der Waals surface area contributed by atoms with Crippen molar-refractivity contribution in [3.8, 4) is 0 Å². The number of amides is 1. The largest absolute Gasteiger partial charge is 0.463 e. The number of nitrogens with one attached hydrogen (secondary N) is 1. The van der Waals surface area contributed by atoms with Gasteiger partial charge in [-0.25, -0.2) is 9.59 Å². The smallest absolute Gasteiger partial charge is 0.412 e. The van der Waals surface area contributed by atoms with Crippen LogP contribution in [0.4, 0.5) is 10.5 Å². The molecule has 0 saturated carbocycles. The number of benzene rings is 1. The second kappa shape index (κ2) is 9.89. The predicted octanol–water partition coefficient (Wildman–Crippen LogP) is 2.81. The van der Waals surface area contributed by atoms with Crippen LogP contribution < -0.4 is 5.32 Å². The predicted molar refractivity (Wildman–Crippen MR) is 104 cm³/mol. The average Bonchev–Trinajstić information content (AvgIpc) is 3.33. The number of hydrogen-bond acceptors (Lipinski definition) is 6. The van der Waals surface area contributed by atoms with E-state index in [4.69, 9.17) is 18.9 Å². The number of aryl methyl sites for hydroxylation is 2. The zero-order chi connectivity index (χ0) is 19.9. The van der Waals surface area contributed by atoms with Crippen molar-refractivity contribution in [3.63, 3.8) is 0 Å². The van der Waals surface area contributed by atoms with Gasteiger partial charge < -0.3 is 18.9 Å². The van der Waals surface area contributed by atoms with Gasteiger partial charge in [-0.1, -0.05) is 6.07 Å². The number of methoxy groups -OCH3 is 1. The van der Waals surface area contributed by atoms with Crippen molar-refractivity contribution >= 4 is 17.7 Å². The van der Waals surface area contributed by atoms with Crippen LogP contribution in [0.15, 0.2) is 6.07 Å². The Labute approximate surface area is 165 Å². The van der Waals surface area contributed by atoms with Crippen molar-refractivity contribution in [2.45, 2.75) is 51.6 Å². The number of carbonyl (C=O) groups excluding carboxylic acids is 2. The molecule has 1 atom stereocenters. The standard InChI is InChI=1S/C21H29NO6/c1-3-27-20(23)18(13-26-11-10-25-2)28-21(24)22-19-16-8-4-6-14(16)12-15-7-5-9-17(15)19/h12,18H,3-11,13H2,1-2H3,(H,22,24)/t18-/m1/s1. The Balaban J connectivity index is 1.68. The number of carbonyl (C=O) groups is 2. The number of hydrogen-bond donors (Lipinski definition) is 1. The van der Waals surface area contributed by atoms with Crippen LogP contribution in [0.2, 0.25) is 0 Å². The molecule has 2 aliphatic rings. The van der Waals surface area contributed by atoms with Gasteiger partial charge >= 0.3 is 12.1 Å². The molecule has 0 spiro atoms. The van der Waals surface area contributed by atoms with E-state index in [9.17, 15) is 9.59 Å². The zero-order valence-corrected chi connectivity index (χ0v) is 16.7. The van der Waals surface area contributed by atoms with Crippen LogP contribution in [0, 0.1) is 0 Å². The molecule has 1 aromatic rings.